The first-order valence-electron chi connectivity index (χ1n) is 5.01. The molecule has 1 fully saturated rings. The topological polar surface area (TPSA) is 41.1 Å². The average molecular weight is 224 g/mol. The van der Waals surface area contributed by atoms with Crippen LogP contribution in [-0.2, 0) is 4.79 Å². The highest BCUT2D eigenvalue weighted by Crippen LogP contribution is 2.19. The maximum Gasteiger partial charge on any atom is 0.397 e. The van der Waals surface area contributed by atoms with E-state index in [1.165, 1.54) is 0 Å². The highest BCUT2D eigenvalue weighted by Gasteiger charge is 2.31. The summed E-state index contributed by atoms with van der Waals surface area (Å²) >= 11 is 0. The molecule has 0 aromatic rings. The van der Waals surface area contributed by atoms with E-state index in [9.17, 15) is 18.0 Å². The van der Waals surface area contributed by atoms with Crippen molar-refractivity contribution in [3.05, 3.63) is 0 Å². The smallest absolute Gasteiger partial charge is 0.355 e. The largest absolute Gasteiger partial charge is 0.397 e. The van der Waals surface area contributed by atoms with E-state index >= 15 is 0 Å². The maximum atomic E-state index is 11.8. The number of carbonyl (C=O) groups excluding carboxylic acids is 1. The zero-order valence-corrected chi connectivity index (χ0v) is 8.36. The van der Waals surface area contributed by atoms with Gasteiger partial charge in [-0.25, -0.2) is 0 Å². The first kappa shape index (κ1) is 12.3. The molecule has 1 aliphatic rings. The van der Waals surface area contributed by atoms with Crippen molar-refractivity contribution in [1.29, 1.82) is 0 Å². The molecule has 0 saturated carbocycles. The molecule has 0 aromatic heterocycles. The van der Waals surface area contributed by atoms with Gasteiger partial charge in [0.15, 0.2) is 0 Å². The molecule has 0 aromatic carbocycles. The van der Waals surface area contributed by atoms with E-state index in [1.54, 1.807) is 0 Å². The van der Waals surface area contributed by atoms with Crippen LogP contribution >= 0.6 is 0 Å². The summed E-state index contributed by atoms with van der Waals surface area (Å²) in [5.74, 6) is -0.677. The molecule has 1 amide bonds. The van der Waals surface area contributed by atoms with Gasteiger partial charge in [0.25, 0.3) is 0 Å². The van der Waals surface area contributed by atoms with Crippen LogP contribution in [0.25, 0.3) is 0 Å². The van der Waals surface area contributed by atoms with Gasteiger partial charge < -0.3 is 10.6 Å². The number of amides is 1. The summed E-state index contributed by atoms with van der Waals surface area (Å²) < 4.78 is 35.4. The van der Waals surface area contributed by atoms with Crippen LogP contribution in [0.3, 0.4) is 0 Å². The number of alkyl halides is 3. The van der Waals surface area contributed by atoms with E-state index in [4.69, 9.17) is 0 Å². The summed E-state index contributed by atoms with van der Waals surface area (Å²) in [4.78, 5) is 10.8. The summed E-state index contributed by atoms with van der Waals surface area (Å²) in [5, 5.41) is 5.44. The van der Waals surface area contributed by atoms with Crippen LogP contribution < -0.4 is 10.6 Å². The fourth-order valence-electron chi connectivity index (χ4n) is 1.60. The molecular formula is C9H15F3N2O. The van der Waals surface area contributed by atoms with E-state index in [1.807, 2.05) is 0 Å². The van der Waals surface area contributed by atoms with Crippen LogP contribution in [0, 0.1) is 5.92 Å². The molecule has 1 atom stereocenters. The summed E-state index contributed by atoms with van der Waals surface area (Å²) in [7, 11) is 0. The van der Waals surface area contributed by atoms with Gasteiger partial charge in [-0.2, -0.15) is 13.2 Å². The molecule has 0 bridgehead atoms. The Hall–Kier alpha value is -0.780. The third kappa shape index (κ3) is 5.61. The van der Waals surface area contributed by atoms with Gasteiger partial charge >= 0.3 is 6.18 Å². The number of hydrogen-bond donors (Lipinski definition) is 2. The fraction of sp³-hybridized carbons (Fsp3) is 0.889. The molecule has 1 aliphatic heterocycles. The van der Waals surface area contributed by atoms with Gasteiger partial charge in [-0.1, -0.05) is 0 Å². The molecule has 0 spiro atoms. The van der Waals surface area contributed by atoms with Crippen molar-refractivity contribution >= 4 is 5.91 Å². The van der Waals surface area contributed by atoms with Crippen LogP contribution in [0.15, 0.2) is 0 Å². The first-order valence-corrected chi connectivity index (χ1v) is 5.01. The molecule has 0 radical (unpaired) electrons. The Labute approximate surface area is 86.4 Å². The first-order chi connectivity index (χ1) is 6.97. The molecule has 15 heavy (non-hydrogen) atoms. The minimum absolute atomic E-state index is 0.260. The van der Waals surface area contributed by atoms with Crippen LogP contribution in [-0.4, -0.2) is 31.7 Å². The van der Waals surface area contributed by atoms with E-state index < -0.39 is 18.5 Å². The van der Waals surface area contributed by atoms with Crippen LogP contribution in [0.1, 0.15) is 19.3 Å². The zero-order chi connectivity index (χ0) is 11.3. The molecule has 1 saturated heterocycles. The van der Waals surface area contributed by atoms with Gasteiger partial charge in [0.05, 0.1) is 0 Å². The van der Waals surface area contributed by atoms with Crippen LogP contribution in [0.5, 0.6) is 0 Å². The van der Waals surface area contributed by atoms with Crippen molar-refractivity contribution < 1.29 is 18.0 Å². The van der Waals surface area contributed by atoms with Crippen molar-refractivity contribution in [2.45, 2.75) is 25.4 Å². The summed E-state index contributed by atoms with van der Waals surface area (Å²) in [5.41, 5.74) is 0. The number of carbonyl (C=O) groups is 1. The minimum Gasteiger partial charge on any atom is -0.355 e. The fourth-order valence-corrected chi connectivity index (χ4v) is 1.60. The lowest BCUT2D eigenvalue weighted by Crippen LogP contribution is -2.39. The Morgan fingerprint density at radius 1 is 1.47 bits per heavy atom. The van der Waals surface area contributed by atoms with Crippen LogP contribution in [0.2, 0.25) is 0 Å². The Bertz CT molecular complexity index is 212. The van der Waals surface area contributed by atoms with E-state index in [2.05, 4.69) is 10.6 Å². The standard InChI is InChI=1S/C9H15F3N2O/c10-9(11,12)4-8(15)14-6-7-2-1-3-13-5-7/h7,13H,1-6H2,(H,14,15)/t7-/m1/s1. The van der Waals surface area contributed by atoms with E-state index in [0.717, 1.165) is 25.9 Å². The maximum absolute atomic E-state index is 11.8. The minimum atomic E-state index is -4.41. The second-order valence-electron chi connectivity index (χ2n) is 3.81. The Morgan fingerprint density at radius 2 is 2.20 bits per heavy atom. The summed E-state index contributed by atoms with van der Waals surface area (Å²) in [6, 6.07) is 0. The third-order valence-electron chi connectivity index (χ3n) is 2.35. The Kier molecular flexibility index (Phi) is 4.38. The van der Waals surface area contributed by atoms with Crippen molar-refractivity contribution in [3.8, 4) is 0 Å². The molecule has 3 nitrogen and oxygen atoms in total. The monoisotopic (exact) mass is 224 g/mol. The average Bonchev–Trinajstić information content (AvgIpc) is 2.14. The number of hydrogen-bond acceptors (Lipinski definition) is 2. The summed E-state index contributed by atoms with van der Waals surface area (Å²) in [6.07, 6.45) is -3.82. The van der Waals surface area contributed by atoms with Gasteiger partial charge in [0.1, 0.15) is 6.42 Å². The third-order valence-corrected chi connectivity index (χ3v) is 2.35. The lowest BCUT2D eigenvalue weighted by molar-refractivity contribution is -0.153. The molecule has 0 unspecified atom stereocenters. The normalized spacial score (nSPS) is 22.5. The molecule has 0 aliphatic carbocycles. The highest BCUT2D eigenvalue weighted by molar-refractivity contribution is 5.76. The number of halogens is 3. The van der Waals surface area contributed by atoms with Crippen molar-refractivity contribution in [2.24, 2.45) is 5.92 Å². The van der Waals surface area contributed by atoms with Gasteiger partial charge in [0, 0.05) is 6.54 Å². The second kappa shape index (κ2) is 5.34. The second-order valence-corrected chi connectivity index (χ2v) is 3.81. The van der Waals surface area contributed by atoms with Crippen molar-refractivity contribution in [1.82, 2.24) is 10.6 Å². The van der Waals surface area contributed by atoms with E-state index in [0.29, 0.717) is 6.54 Å². The van der Waals surface area contributed by atoms with E-state index in [-0.39, 0.29) is 5.92 Å². The van der Waals surface area contributed by atoms with Crippen LogP contribution in [0.4, 0.5) is 13.2 Å². The SMILES string of the molecule is O=C(CC(F)(F)F)NC[C@@H]1CCCNC1. The molecule has 1 rings (SSSR count). The lowest BCUT2D eigenvalue weighted by Gasteiger charge is -2.22. The number of piperidine rings is 1. The Morgan fingerprint density at radius 3 is 2.73 bits per heavy atom. The highest BCUT2D eigenvalue weighted by atomic mass is 19.4. The van der Waals surface area contributed by atoms with Crippen molar-refractivity contribution in [3.63, 3.8) is 0 Å². The predicted molar refractivity (Wildman–Crippen MR) is 49.3 cm³/mol. The summed E-state index contributed by atoms with van der Waals surface area (Å²) in [6.45, 7) is 2.06. The molecule has 1 heterocycles. The molecular weight excluding hydrogens is 209 g/mol. The molecule has 2 N–H and O–H groups in total. The Balaban J connectivity index is 2.15. The van der Waals surface area contributed by atoms with Gasteiger partial charge in [-0.15, -0.1) is 0 Å². The predicted octanol–water partition coefficient (Wildman–Crippen LogP) is 1.05. The number of rotatable bonds is 3. The lowest BCUT2D eigenvalue weighted by atomic mass is 10.00. The van der Waals surface area contributed by atoms with Gasteiger partial charge in [-0.3, -0.25) is 4.79 Å². The quantitative estimate of drug-likeness (QED) is 0.752. The van der Waals surface area contributed by atoms with Gasteiger partial charge in [-0.05, 0) is 31.8 Å². The number of nitrogens with one attached hydrogen (secondary N) is 2. The molecule has 6 heteroatoms. The molecule has 88 valence electrons. The zero-order valence-electron chi connectivity index (χ0n) is 8.36. The van der Waals surface area contributed by atoms with Crippen molar-refractivity contribution in [2.75, 3.05) is 19.6 Å². The van der Waals surface area contributed by atoms with Gasteiger partial charge in [0.2, 0.25) is 5.91 Å².